The molecule has 6 nitrogen and oxygen atoms in total. The van der Waals surface area contributed by atoms with Crippen LogP contribution in [0.5, 0.6) is 0 Å². The number of carboxylic acid groups (broad SMARTS) is 1. The molecule has 0 saturated carbocycles. The molecule has 0 atom stereocenters. The molecule has 1 saturated heterocycles. The Labute approximate surface area is 198 Å². The summed E-state index contributed by atoms with van der Waals surface area (Å²) in [5.74, 6) is -1.10. The zero-order chi connectivity index (χ0) is 23.7. The second kappa shape index (κ2) is 9.06. The standard InChI is InChI=1S/C28H27N3O3/c1-18-5-9-22(10-6-18)29-27(32)23-16-19(8-12-26(23)31-13-3-2-4-14-31)25-17-21-15-20(28(33)34)7-11-24(21)30-25/h5-12,15-17,30H,2-4,13-14H2,1H3,(H,29,32)(H,33,34). The Balaban J connectivity index is 1.53. The van der Waals surface area contributed by atoms with E-state index in [1.165, 1.54) is 6.42 Å². The van der Waals surface area contributed by atoms with Crippen molar-refractivity contribution in [2.24, 2.45) is 0 Å². The summed E-state index contributed by atoms with van der Waals surface area (Å²) in [6, 6.07) is 20.7. The van der Waals surface area contributed by atoms with E-state index >= 15 is 0 Å². The molecule has 3 aromatic carbocycles. The van der Waals surface area contributed by atoms with E-state index in [0.29, 0.717) is 5.56 Å². The first-order chi connectivity index (χ1) is 16.5. The summed E-state index contributed by atoms with van der Waals surface area (Å²) >= 11 is 0. The number of fused-ring (bicyclic) bond motifs is 1. The second-order valence-electron chi connectivity index (χ2n) is 8.89. The summed E-state index contributed by atoms with van der Waals surface area (Å²) in [5, 5.41) is 13.2. The Hall–Kier alpha value is -4.06. The third kappa shape index (κ3) is 4.39. The molecular formula is C28H27N3O3. The lowest BCUT2D eigenvalue weighted by atomic mass is 10.0. The molecule has 6 heteroatoms. The minimum absolute atomic E-state index is 0.143. The van der Waals surface area contributed by atoms with Crippen LogP contribution in [0.25, 0.3) is 22.2 Å². The number of benzene rings is 3. The van der Waals surface area contributed by atoms with Gasteiger partial charge < -0.3 is 20.3 Å². The number of amides is 1. The first-order valence-electron chi connectivity index (χ1n) is 11.6. The van der Waals surface area contributed by atoms with Gasteiger partial charge in [-0.25, -0.2) is 4.79 Å². The fourth-order valence-electron chi connectivity index (χ4n) is 4.55. The number of aromatic carboxylic acids is 1. The Kier molecular flexibility index (Phi) is 5.80. The first-order valence-corrected chi connectivity index (χ1v) is 11.6. The number of H-pyrrole nitrogens is 1. The second-order valence-corrected chi connectivity index (χ2v) is 8.89. The smallest absolute Gasteiger partial charge is 0.335 e. The van der Waals surface area contributed by atoms with Crippen LogP contribution in [0.3, 0.4) is 0 Å². The molecule has 1 aromatic heterocycles. The summed E-state index contributed by atoms with van der Waals surface area (Å²) in [6.07, 6.45) is 3.45. The van der Waals surface area contributed by atoms with Gasteiger partial charge in [0.15, 0.2) is 0 Å². The minimum Gasteiger partial charge on any atom is -0.478 e. The number of piperidine rings is 1. The molecule has 0 aliphatic carbocycles. The molecule has 5 rings (SSSR count). The van der Waals surface area contributed by atoms with E-state index in [1.54, 1.807) is 18.2 Å². The number of anilines is 2. The quantitative estimate of drug-likeness (QED) is 0.342. The molecule has 1 fully saturated rings. The van der Waals surface area contributed by atoms with Crippen LogP contribution in [-0.2, 0) is 0 Å². The van der Waals surface area contributed by atoms with Crippen LogP contribution < -0.4 is 10.2 Å². The van der Waals surface area contributed by atoms with Crippen molar-refractivity contribution in [1.29, 1.82) is 0 Å². The Morgan fingerprint density at radius 3 is 2.41 bits per heavy atom. The minimum atomic E-state index is -0.953. The van der Waals surface area contributed by atoms with Gasteiger partial charge in [-0.1, -0.05) is 23.8 Å². The zero-order valence-corrected chi connectivity index (χ0v) is 19.1. The van der Waals surface area contributed by atoms with Crippen molar-refractivity contribution in [2.75, 3.05) is 23.3 Å². The summed E-state index contributed by atoms with van der Waals surface area (Å²) in [7, 11) is 0. The van der Waals surface area contributed by atoms with Crippen LogP contribution >= 0.6 is 0 Å². The van der Waals surface area contributed by atoms with E-state index < -0.39 is 5.97 Å². The number of rotatable bonds is 5. The number of aromatic amines is 1. The number of nitrogens with one attached hydrogen (secondary N) is 2. The zero-order valence-electron chi connectivity index (χ0n) is 19.1. The lowest BCUT2D eigenvalue weighted by molar-refractivity contribution is 0.0697. The summed E-state index contributed by atoms with van der Waals surface area (Å²) in [4.78, 5) is 30.4. The van der Waals surface area contributed by atoms with Gasteiger partial charge in [-0.3, -0.25) is 4.79 Å². The average molecular weight is 454 g/mol. The predicted molar refractivity (Wildman–Crippen MR) is 136 cm³/mol. The van der Waals surface area contributed by atoms with E-state index in [0.717, 1.165) is 65.0 Å². The fourth-order valence-corrected chi connectivity index (χ4v) is 4.55. The Bertz CT molecular complexity index is 1370. The van der Waals surface area contributed by atoms with Crippen molar-refractivity contribution in [3.63, 3.8) is 0 Å². The van der Waals surface area contributed by atoms with Crippen molar-refractivity contribution in [2.45, 2.75) is 26.2 Å². The normalized spacial score (nSPS) is 13.7. The van der Waals surface area contributed by atoms with Gasteiger partial charge in [0.25, 0.3) is 5.91 Å². The van der Waals surface area contributed by atoms with Crippen LogP contribution in [0, 0.1) is 6.92 Å². The first kappa shape index (κ1) is 21.8. The number of aromatic nitrogens is 1. The molecule has 0 unspecified atom stereocenters. The van der Waals surface area contributed by atoms with Gasteiger partial charge in [-0.05, 0) is 80.3 Å². The maximum Gasteiger partial charge on any atom is 0.335 e. The van der Waals surface area contributed by atoms with Gasteiger partial charge in [0.2, 0.25) is 0 Å². The Morgan fingerprint density at radius 2 is 1.68 bits per heavy atom. The highest BCUT2D eigenvalue weighted by Gasteiger charge is 2.20. The molecule has 2 heterocycles. The number of carboxylic acids is 1. The van der Waals surface area contributed by atoms with Crippen molar-refractivity contribution in [1.82, 2.24) is 4.98 Å². The van der Waals surface area contributed by atoms with Crippen LogP contribution in [-0.4, -0.2) is 35.1 Å². The van der Waals surface area contributed by atoms with Crippen LogP contribution in [0.1, 0.15) is 45.5 Å². The van der Waals surface area contributed by atoms with E-state index in [1.807, 2.05) is 55.5 Å². The van der Waals surface area contributed by atoms with Crippen LogP contribution in [0.15, 0.2) is 66.7 Å². The van der Waals surface area contributed by atoms with Crippen molar-refractivity contribution < 1.29 is 14.7 Å². The van der Waals surface area contributed by atoms with Gasteiger partial charge in [-0.2, -0.15) is 0 Å². The average Bonchev–Trinajstić information content (AvgIpc) is 3.29. The lowest BCUT2D eigenvalue weighted by Crippen LogP contribution is -2.31. The van der Waals surface area contributed by atoms with Gasteiger partial charge in [-0.15, -0.1) is 0 Å². The highest BCUT2D eigenvalue weighted by atomic mass is 16.4. The fraction of sp³-hybridized carbons (Fsp3) is 0.214. The molecule has 172 valence electrons. The molecular weight excluding hydrogens is 426 g/mol. The predicted octanol–water partition coefficient (Wildman–Crippen LogP) is 6.08. The third-order valence-corrected chi connectivity index (χ3v) is 6.43. The maximum absolute atomic E-state index is 13.4. The molecule has 3 N–H and O–H groups in total. The van der Waals surface area contributed by atoms with Crippen molar-refractivity contribution in [3.8, 4) is 11.3 Å². The van der Waals surface area contributed by atoms with Crippen LogP contribution in [0.2, 0.25) is 0 Å². The molecule has 34 heavy (non-hydrogen) atoms. The SMILES string of the molecule is Cc1ccc(NC(=O)c2cc(-c3cc4cc(C(=O)O)ccc4[nH]3)ccc2N2CCCCC2)cc1. The third-order valence-electron chi connectivity index (χ3n) is 6.43. The highest BCUT2D eigenvalue weighted by Crippen LogP contribution is 2.32. The molecule has 0 bridgehead atoms. The number of hydrogen-bond acceptors (Lipinski definition) is 3. The van der Waals surface area contributed by atoms with E-state index in [-0.39, 0.29) is 11.5 Å². The Morgan fingerprint density at radius 1 is 0.912 bits per heavy atom. The molecule has 1 amide bonds. The van der Waals surface area contributed by atoms with E-state index in [2.05, 4.69) is 15.2 Å². The van der Waals surface area contributed by atoms with Gasteiger partial charge in [0.1, 0.15) is 0 Å². The van der Waals surface area contributed by atoms with Gasteiger partial charge in [0, 0.05) is 41.1 Å². The number of aryl methyl sites for hydroxylation is 1. The number of hydrogen-bond donors (Lipinski definition) is 3. The van der Waals surface area contributed by atoms with E-state index in [9.17, 15) is 14.7 Å². The number of carbonyl (C=O) groups excluding carboxylic acids is 1. The molecule has 0 spiro atoms. The summed E-state index contributed by atoms with van der Waals surface area (Å²) in [5.41, 5.74) is 6.29. The van der Waals surface area contributed by atoms with E-state index in [4.69, 9.17) is 0 Å². The summed E-state index contributed by atoms with van der Waals surface area (Å²) in [6.45, 7) is 3.90. The lowest BCUT2D eigenvalue weighted by Gasteiger charge is -2.30. The molecule has 1 aliphatic rings. The van der Waals surface area contributed by atoms with Gasteiger partial charge >= 0.3 is 5.97 Å². The topological polar surface area (TPSA) is 85.4 Å². The monoisotopic (exact) mass is 453 g/mol. The molecule has 0 radical (unpaired) electrons. The maximum atomic E-state index is 13.4. The van der Waals surface area contributed by atoms with Crippen molar-refractivity contribution >= 4 is 34.2 Å². The number of nitrogens with zero attached hydrogens (tertiary/aromatic N) is 1. The van der Waals surface area contributed by atoms with Crippen molar-refractivity contribution in [3.05, 3.63) is 83.4 Å². The largest absolute Gasteiger partial charge is 0.478 e. The molecule has 1 aliphatic heterocycles. The summed E-state index contributed by atoms with van der Waals surface area (Å²) < 4.78 is 0. The van der Waals surface area contributed by atoms with Gasteiger partial charge in [0.05, 0.1) is 11.1 Å². The highest BCUT2D eigenvalue weighted by molar-refractivity contribution is 6.09. The molecule has 4 aromatic rings. The van der Waals surface area contributed by atoms with Crippen LogP contribution in [0.4, 0.5) is 11.4 Å². The number of carbonyl (C=O) groups is 2.